The van der Waals surface area contributed by atoms with E-state index < -0.39 is 0 Å². The maximum absolute atomic E-state index is 6.11. The predicted octanol–water partition coefficient (Wildman–Crippen LogP) is 4.62. The number of pyridine rings is 1. The molecule has 0 aliphatic heterocycles. The Morgan fingerprint density at radius 1 is 1.35 bits per heavy atom. The second kappa shape index (κ2) is 5.40. The van der Waals surface area contributed by atoms with E-state index in [0.717, 1.165) is 43.8 Å². The number of halogens is 2. The van der Waals surface area contributed by atoms with Crippen LogP contribution < -0.4 is 5.32 Å². The lowest BCUT2D eigenvalue weighted by molar-refractivity contribution is 0.980. The molecule has 2 aromatic rings. The summed E-state index contributed by atoms with van der Waals surface area (Å²) in [5.41, 5.74) is 3.17. The molecule has 4 heteroatoms. The number of nitrogens with one attached hydrogen (secondary N) is 1. The van der Waals surface area contributed by atoms with Crippen LogP contribution in [0.4, 0.5) is 5.69 Å². The summed E-state index contributed by atoms with van der Waals surface area (Å²) in [6, 6.07) is 5.99. The number of hydrogen-bond acceptors (Lipinski definition) is 2. The van der Waals surface area contributed by atoms with E-state index in [9.17, 15) is 0 Å². The molecule has 2 nitrogen and oxygen atoms in total. The lowest BCUT2D eigenvalue weighted by Crippen LogP contribution is -2.02. The topological polar surface area (TPSA) is 24.9 Å². The molecule has 0 amide bonds. The summed E-state index contributed by atoms with van der Waals surface area (Å²) in [5, 5.41) is 5.29. The van der Waals surface area contributed by atoms with Crippen molar-refractivity contribution in [3.05, 3.63) is 32.5 Å². The van der Waals surface area contributed by atoms with Crippen LogP contribution in [0.25, 0.3) is 10.9 Å². The van der Waals surface area contributed by atoms with Gasteiger partial charge in [0.15, 0.2) is 0 Å². The van der Waals surface area contributed by atoms with Gasteiger partial charge in [0.2, 0.25) is 0 Å². The third-order valence-corrected chi connectivity index (χ3v) is 3.57. The summed E-state index contributed by atoms with van der Waals surface area (Å²) < 4.78 is 1.09. The van der Waals surface area contributed by atoms with Crippen LogP contribution >= 0.6 is 34.2 Å². The highest BCUT2D eigenvalue weighted by Gasteiger charge is 2.08. The first kappa shape index (κ1) is 12.9. The van der Waals surface area contributed by atoms with Gasteiger partial charge in [0, 0.05) is 31.9 Å². The van der Waals surface area contributed by atoms with Crippen molar-refractivity contribution < 1.29 is 0 Å². The zero-order valence-corrected chi connectivity index (χ0v) is 12.8. The van der Waals surface area contributed by atoms with Gasteiger partial charge < -0.3 is 5.32 Å². The third-order valence-electron chi connectivity index (χ3n) is 2.53. The summed E-state index contributed by atoms with van der Waals surface area (Å²) in [6.45, 7) is 5.13. The monoisotopic (exact) mass is 360 g/mol. The maximum Gasteiger partial charge on any atom is 0.0860 e. The van der Waals surface area contributed by atoms with Gasteiger partial charge in [-0.15, -0.1) is 0 Å². The summed E-state index contributed by atoms with van der Waals surface area (Å²) in [7, 11) is 0. The number of aromatic nitrogens is 1. The van der Waals surface area contributed by atoms with Gasteiger partial charge in [-0.1, -0.05) is 18.5 Å². The number of hydrogen-bond donors (Lipinski definition) is 1. The van der Waals surface area contributed by atoms with Crippen molar-refractivity contribution in [2.75, 3.05) is 11.9 Å². The first-order valence-electron chi connectivity index (χ1n) is 5.62. The Bertz CT molecular complexity index is 555. The van der Waals surface area contributed by atoms with Crippen molar-refractivity contribution in [2.45, 2.75) is 20.3 Å². The van der Waals surface area contributed by atoms with Crippen LogP contribution in [-0.4, -0.2) is 11.5 Å². The zero-order chi connectivity index (χ0) is 12.4. The average Bonchev–Trinajstić information content (AvgIpc) is 2.27. The molecule has 0 radical (unpaired) electrons. The molecule has 0 saturated heterocycles. The molecule has 0 unspecified atom stereocenters. The van der Waals surface area contributed by atoms with Gasteiger partial charge >= 0.3 is 0 Å². The number of rotatable bonds is 3. The van der Waals surface area contributed by atoms with E-state index >= 15 is 0 Å². The van der Waals surface area contributed by atoms with E-state index in [4.69, 9.17) is 11.6 Å². The number of benzene rings is 1. The molecule has 0 fully saturated rings. The number of nitrogens with zero attached hydrogens (tertiary/aromatic N) is 1. The standard InChI is InChI=1S/C13H14ClIN2/c1-3-4-16-12-5-8(2)17-13-10(12)6-9(14)7-11(13)15/h5-7H,3-4H2,1-2H3,(H,16,17). The van der Waals surface area contributed by atoms with Crippen LogP contribution in [0.5, 0.6) is 0 Å². The molecule has 0 atom stereocenters. The molecule has 2 rings (SSSR count). The second-order valence-electron chi connectivity index (χ2n) is 4.02. The summed E-state index contributed by atoms with van der Waals surface area (Å²) in [6.07, 6.45) is 1.10. The van der Waals surface area contributed by atoms with Gasteiger partial charge in [-0.25, -0.2) is 0 Å². The Morgan fingerprint density at radius 2 is 2.12 bits per heavy atom. The van der Waals surface area contributed by atoms with Gasteiger partial charge in [0.1, 0.15) is 0 Å². The van der Waals surface area contributed by atoms with Crippen molar-refractivity contribution in [2.24, 2.45) is 0 Å². The molecule has 1 heterocycles. The normalized spacial score (nSPS) is 10.8. The van der Waals surface area contributed by atoms with Gasteiger partial charge in [-0.3, -0.25) is 4.98 Å². The largest absolute Gasteiger partial charge is 0.384 e. The minimum Gasteiger partial charge on any atom is -0.384 e. The predicted molar refractivity (Wildman–Crippen MR) is 83.0 cm³/mol. The molecule has 1 N–H and O–H groups in total. The van der Waals surface area contributed by atoms with E-state index in [1.165, 1.54) is 0 Å². The van der Waals surface area contributed by atoms with Crippen LogP contribution in [0.3, 0.4) is 0 Å². The highest BCUT2D eigenvalue weighted by Crippen LogP contribution is 2.30. The van der Waals surface area contributed by atoms with E-state index in [-0.39, 0.29) is 0 Å². The Hall–Kier alpha value is -0.550. The molecule has 0 spiro atoms. The van der Waals surface area contributed by atoms with Crippen LogP contribution in [-0.2, 0) is 0 Å². The minimum absolute atomic E-state index is 0.757. The molecule has 17 heavy (non-hydrogen) atoms. The fraction of sp³-hybridized carbons (Fsp3) is 0.308. The number of anilines is 1. The zero-order valence-electron chi connectivity index (χ0n) is 9.85. The van der Waals surface area contributed by atoms with Crippen molar-refractivity contribution in [3.8, 4) is 0 Å². The number of fused-ring (bicyclic) bond motifs is 1. The van der Waals surface area contributed by atoms with E-state index in [1.807, 2.05) is 19.1 Å². The van der Waals surface area contributed by atoms with E-state index in [0.29, 0.717) is 0 Å². The fourth-order valence-electron chi connectivity index (χ4n) is 1.79. The smallest absolute Gasteiger partial charge is 0.0860 e. The molecular weight excluding hydrogens is 347 g/mol. The van der Waals surface area contributed by atoms with Crippen LogP contribution in [0.2, 0.25) is 5.02 Å². The second-order valence-corrected chi connectivity index (χ2v) is 5.62. The average molecular weight is 361 g/mol. The van der Waals surface area contributed by atoms with Crippen LogP contribution in [0.1, 0.15) is 19.0 Å². The Balaban J connectivity index is 2.64. The Morgan fingerprint density at radius 3 is 2.82 bits per heavy atom. The van der Waals surface area contributed by atoms with E-state index in [2.05, 4.69) is 45.9 Å². The molecule has 0 aliphatic carbocycles. The molecule has 0 bridgehead atoms. The third kappa shape index (κ3) is 2.83. The fourth-order valence-corrected chi connectivity index (χ4v) is 2.94. The first-order valence-corrected chi connectivity index (χ1v) is 7.07. The quantitative estimate of drug-likeness (QED) is 0.808. The van der Waals surface area contributed by atoms with Gasteiger partial charge in [0.05, 0.1) is 5.52 Å². The van der Waals surface area contributed by atoms with Crippen molar-refractivity contribution in [3.63, 3.8) is 0 Å². The van der Waals surface area contributed by atoms with Crippen LogP contribution in [0.15, 0.2) is 18.2 Å². The van der Waals surface area contributed by atoms with Crippen LogP contribution in [0, 0.1) is 10.5 Å². The van der Waals surface area contributed by atoms with Crippen molar-refractivity contribution in [1.82, 2.24) is 4.98 Å². The van der Waals surface area contributed by atoms with Crippen molar-refractivity contribution in [1.29, 1.82) is 0 Å². The molecule has 90 valence electrons. The highest BCUT2D eigenvalue weighted by molar-refractivity contribution is 14.1. The lowest BCUT2D eigenvalue weighted by Gasteiger charge is -2.11. The Labute approximate surface area is 120 Å². The van der Waals surface area contributed by atoms with Crippen molar-refractivity contribution >= 4 is 50.8 Å². The number of aryl methyl sites for hydroxylation is 1. The molecule has 1 aromatic heterocycles. The van der Waals surface area contributed by atoms with Gasteiger partial charge in [-0.05, 0) is 54.1 Å². The first-order chi connectivity index (χ1) is 8.11. The minimum atomic E-state index is 0.757. The molecular formula is C13H14ClIN2. The summed E-state index contributed by atoms with van der Waals surface area (Å²) in [5.74, 6) is 0. The summed E-state index contributed by atoms with van der Waals surface area (Å²) >= 11 is 8.39. The summed E-state index contributed by atoms with van der Waals surface area (Å²) in [4.78, 5) is 4.58. The maximum atomic E-state index is 6.11. The molecule has 0 saturated carbocycles. The van der Waals surface area contributed by atoms with Gasteiger partial charge in [0.25, 0.3) is 0 Å². The molecule has 0 aliphatic rings. The SMILES string of the molecule is CCCNc1cc(C)nc2c(I)cc(Cl)cc12. The lowest BCUT2D eigenvalue weighted by atomic mass is 10.1. The molecule has 1 aromatic carbocycles. The van der Waals surface area contributed by atoms with E-state index in [1.54, 1.807) is 0 Å². The van der Waals surface area contributed by atoms with Gasteiger partial charge in [-0.2, -0.15) is 0 Å². The highest BCUT2D eigenvalue weighted by atomic mass is 127. The Kier molecular flexibility index (Phi) is 4.09.